The maximum Gasteiger partial charge on any atom is 0.239 e. The molecule has 0 aromatic carbocycles. The third kappa shape index (κ3) is 2.73. The normalized spacial score (nSPS) is 19.6. The Balaban J connectivity index is 2.39. The van der Waals surface area contributed by atoms with Gasteiger partial charge in [-0.1, -0.05) is 11.8 Å². The summed E-state index contributed by atoms with van der Waals surface area (Å²) in [4.78, 5) is 14.9. The van der Waals surface area contributed by atoms with E-state index in [1.165, 1.54) is 0 Å². The lowest BCUT2D eigenvalue weighted by Gasteiger charge is -2.16. The van der Waals surface area contributed by atoms with E-state index in [1.807, 2.05) is 0 Å². The fourth-order valence-corrected chi connectivity index (χ4v) is 1.71. The van der Waals surface area contributed by atoms with Crippen molar-refractivity contribution in [2.75, 3.05) is 12.3 Å². The topological polar surface area (TPSA) is 67.5 Å². The van der Waals surface area contributed by atoms with E-state index in [4.69, 9.17) is 5.73 Å². The molecule has 0 aliphatic carbocycles. The van der Waals surface area contributed by atoms with Crippen molar-refractivity contribution in [2.45, 2.75) is 19.4 Å². The highest BCUT2D eigenvalue weighted by atomic mass is 32.2. The Morgan fingerprint density at radius 2 is 2.58 bits per heavy atom. The van der Waals surface area contributed by atoms with Crippen molar-refractivity contribution in [3.05, 3.63) is 0 Å². The molecule has 12 heavy (non-hydrogen) atoms. The quantitative estimate of drug-likeness (QED) is 0.636. The number of hydrogen-bond donors (Lipinski definition) is 2. The predicted molar refractivity (Wildman–Crippen MR) is 51.2 cm³/mol. The standard InChI is InChI=1S/C7H13N3OS/c1-5(6(8)11)10-7-9-3-2-4-12-7/h5H,2-4H2,1H3,(H2,8,11)(H,9,10). The minimum Gasteiger partial charge on any atom is -0.368 e. The molecule has 1 atom stereocenters. The molecule has 0 spiro atoms. The van der Waals surface area contributed by atoms with Crippen molar-refractivity contribution >= 4 is 22.8 Å². The maximum absolute atomic E-state index is 10.7. The number of nitrogens with one attached hydrogen (secondary N) is 1. The number of nitrogens with two attached hydrogens (primary N) is 1. The third-order valence-corrected chi connectivity index (χ3v) is 2.58. The molecule has 1 aliphatic rings. The Morgan fingerprint density at radius 1 is 1.83 bits per heavy atom. The van der Waals surface area contributed by atoms with Gasteiger partial charge in [0.15, 0.2) is 5.17 Å². The van der Waals surface area contributed by atoms with Crippen LogP contribution in [-0.2, 0) is 4.79 Å². The first-order valence-corrected chi connectivity index (χ1v) is 4.92. The summed E-state index contributed by atoms with van der Waals surface area (Å²) in [6.07, 6.45) is 1.11. The van der Waals surface area contributed by atoms with E-state index in [9.17, 15) is 4.79 Å². The lowest BCUT2D eigenvalue weighted by atomic mass is 10.3. The molecule has 0 aromatic rings. The van der Waals surface area contributed by atoms with Crippen LogP contribution in [0.15, 0.2) is 4.99 Å². The summed E-state index contributed by atoms with van der Waals surface area (Å²) < 4.78 is 0. The summed E-state index contributed by atoms with van der Waals surface area (Å²) in [5, 5.41) is 3.80. The number of thioether (sulfide) groups is 1. The highest BCUT2D eigenvalue weighted by molar-refractivity contribution is 8.13. The third-order valence-electron chi connectivity index (χ3n) is 1.56. The van der Waals surface area contributed by atoms with Gasteiger partial charge in [0.1, 0.15) is 6.04 Å². The van der Waals surface area contributed by atoms with Crippen LogP contribution in [0.3, 0.4) is 0 Å². The summed E-state index contributed by atoms with van der Waals surface area (Å²) in [6, 6.07) is -0.325. The van der Waals surface area contributed by atoms with Gasteiger partial charge in [-0.05, 0) is 13.3 Å². The SMILES string of the molecule is CC(NC1=NCCCS1)C(N)=O. The molecule has 1 unspecified atom stereocenters. The van der Waals surface area contributed by atoms with E-state index in [2.05, 4.69) is 10.3 Å². The van der Waals surface area contributed by atoms with Crippen molar-refractivity contribution in [3.8, 4) is 0 Å². The number of aliphatic imine (C=N–C) groups is 1. The molecular formula is C7H13N3OS. The van der Waals surface area contributed by atoms with Crippen molar-refractivity contribution < 1.29 is 4.79 Å². The highest BCUT2D eigenvalue weighted by Gasteiger charge is 2.12. The molecule has 0 radical (unpaired) electrons. The zero-order valence-corrected chi connectivity index (χ0v) is 7.86. The number of carbonyl (C=O) groups excluding carboxylic acids is 1. The molecule has 0 saturated carbocycles. The van der Waals surface area contributed by atoms with E-state index in [1.54, 1.807) is 18.7 Å². The molecule has 1 aliphatic heterocycles. The monoisotopic (exact) mass is 187 g/mol. The van der Waals surface area contributed by atoms with Gasteiger partial charge in [0.2, 0.25) is 5.91 Å². The van der Waals surface area contributed by atoms with Gasteiger partial charge in [-0.2, -0.15) is 0 Å². The number of nitrogens with zero attached hydrogens (tertiary/aromatic N) is 1. The molecule has 68 valence electrons. The molecule has 1 heterocycles. The summed E-state index contributed by atoms with van der Waals surface area (Å²) in [7, 11) is 0. The van der Waals surface area contributed by atoms with Gasteiger partial charge in [0.25, 0.3) is 0 Å². The molecule has 1 rings (SSSR count). The van der Waals surface area contributed by atoms with Crippen LogP contribution in [0.25, 0.3) is 0 Å². The molecule has 5 heteroatoms. The lowest BCUT2D eigenvalue weighted by molar-refractivity contribution is -0.119. The Morgan fingerprint density at radius 3 is 3.08 bits per heavy atom. The van der Waals surface area contributed by atoms with E-state index in [0.717, 1.165) is 23.9 Å². The minimum absolute atomic E-state index is 0.325. The fraction of sp³-hybridized carbons (Fsp3) is 0.714. The van der Waals surface area contributed by atoms with Crippen molar-refractivity contribution in [1.29, 1.82) is 0 Å². The Hall–Kier alpha value is -0.710. The molecule has 0 bridgehead atoms. The van der Waals surface area contributed by atoms with Gasteiger partial charge in [-0.25, -0.2) is 0 Å². The number of amidine groups is 1. The van der Waals surface area contributed by atoms with E-state index in [0.29, 0.717) is 0 Å². The highest BCUT2D eigenvalue weighted by Crippen LogP contribution is 2.10. The molecule has 4 nitrogen and oxygen atoms in total. The second-order valence-corrected chi connectivity index (χ2v) is 3.74. The van der Waals surface area contributed by atoms with Gasteiger partial charge in [-0.3, -0.25) is 9.79 Å². The van der Waals surface area contributed by atoms with Gasteiger partial charge >= 0.3 is 0 Å². The number of primary amides is 1. The smallest absolute Gasteiger partial charge is 0.239 e. The average molecular weight is 187 g/mol. The molecule has 3 N–H and O–H groups in total. The van der Waals surface area contributed by atoms with Crippen LogP contribution < -0.4 is 11.1 Å². The van der Waals surface area contributed by atoms with Crippen LogP contribution in [0.2, 0.25) is 0 Å². The first-order valence-electron chi connectivity index (χ1n) is 3.93. The summed E-state index contributed by atoms with van der Waals surface area (Å²) in [5.41, 5.74) is 5.09. The van der Waals surface area contributed by atoms with Crippen LogP contribution >= 0.6 is 11.8 Å². The molecular weight excluding hydrogens is 174 g/mol. The second kappa shape index (κ2) is 4.35. The van der Waals surface area contributed by atoms with Crippen LogP contribution in [-0.4, -0.2) is 29.4 Å². The minimum atomic E-state index is -0.344. The van der Waals surface area contributed by atoms with E-state index >= 15 is 0 Å². The predicted octanol–water partition coefficient (Wildman–Crippen LogP) is -0.0573. The molecule has 0 saturated heterocycles. The zero-order chi connectivity index (χ0) is 8.97. The van der Waals surface area contributed by atoms with E-state index < -0.39 is 0 Å². The van der Waals surface area contributed by atoms with Crippen LogP contribution in [0, 0.1) is 0 Å². The van der Waals surface area contributed by atoms with Crippen LogP contribution in [0.5, 0.6) is 0 Å². The maximum atomic E-state index is 10.7. The van der Waals surface area contributed by atoms with Gasteiger partial charge in [0, 0.05) is 12.3 Å². The molecule has 0 fully saturated rings. The Kier molecular flexibility index (Phi) is 3.40. The van der Waals surface area contributed by atoms with Crippen molar-refractivity contribution in [1.82, 2.24) is 5.32 Å². The summed E-state index contributed by atoms with van der Waals surface area (Å²) >= 11 is 1.64. The molecule has 0 aromatic heterocycles. The second-order valence-electron chi connectivity index (χ2n) is 2.66. The number of amides is 1. The van der Waals surface area contributed by atoms with E-state index in [-0.39, 0.29) is 11.9 Å². The first-order chi connectivity index (χ1) is 5.70. The largest absolute Gasteiger partial charge is 0.368 e. The fourth-order valence-electron chi connectivity index (χ4n) is 0.803. The Labute approximate surface area is 76.0 Å². The van der Waals surface area contributed by atoms with Crippen molar-refractivity contribution in [2.24, 2.45) is 10.7 Å². The van der Waals surface area contributed by atoms with Gasteiger partial charge in [-0.15, -0.1) is 0 Å². The number of carbonyl (C=O) groups is 1. The van der Waals surface area contributed by atoms with Gasteiger partial charge < -0.3 is 11.1 Å². The van der Waals surface area contributed by atoms with Gasteiger partial charge in [0.05, 0.1) is 0 Å². The number of rotatable bonds is 2. The zero-order valence-electron chi connectivity index (χ0n) is 7.04. The van der Waals surface area contributed by atoms with Crippen LogP contribution in [0.4, 0.5) is 0 Å². The number of hydrogen-bond acceptors (Lipinski definition) is 4. The van der Waals surface area contributed by atoms with Crippen molar-refractivity contribution in [3.63, 3.8) is 0 Å². The lowest BCUT2D eigenvalue weighted by Crippen LogP contribution is -2.41. The van der Waals surface area contributed by atoms with Crippen LogP contribution in [0.1, 0.15) is 13.3 Å². The Bertz CT molecular complexity index is 205. The molecule has 1 amide bonds. The summed E-state index contributed by atoms with van der Waals surface area (Å²) in [6.45, 7) is 2.58. The first kappa shape index (κ1) is 9.38. The summed E-state index contributed by atoms with van der Waals surface area (Å²) in [5.74, 6) is 0.723. The average Bonchev–Trinajstić information content (AvgIpc) is 2.06.